The Hall–Kier alpha value is -1.57. The summed E-state index contributed by atoms with van der Waals surface area (Å²) in [4.78, 5) is 12.9. The van der Waals surface area contributed by atoms with Gasteiger partial charge < -0.3 is 14.3 Å². The van der Waals surface area contributed by atoms with Gasteiger partial charge in [0.05, 0.1) is 10.6 Å². The van der Waals surface area contributed by atoms with Crippen LogP contribution >= 0.6 is 31.2 Å². The van der Waals surface area contributed by atoms with Crippen LogP contribution in [0.4, 0.5) is 5.69 Å². The smallest absolute Gasteiger partial charge is 0.348 e. The van der Waals surface area contributed by atoms with E-state index in [0.29, 0.717) is 10.7 Å². The van der Waals surface area contributed by atoms with E-state index in [1.165, 1.54) is 11.3 Å². The molecular weight excluding hydrogens is 413 g/mol. The van der Waals surface area contributed by atoms with Gasteiger partial charge in [-0.15, -0.1) is 11.3 Å². The lowest BCUT2D eigenvalue weighted by atomic mass is 9.98. The van der Waals surface area contributed by atoms with Gasteiger partial charge in [-0.05, 0) is 65.0 Å². The largest absolute Gasteiger partial charge is 0.477 e. The number of carbonyl (C=O) groups is 1. The van der Waals surface area contributed by atoms with Crippen LogP contribution in [0.25, 0.3) is 0 Å². The summed E-state index contributed by atoms with van der Waals surface area (Å²) in [6.45, 7) is 10.1. The van der Waals surface area contributed by atoms with E-state index in [2.05, 4.69) is 11.8 Å². The monoisotopic (exact) mass is 437 g/mol. The molecule has 0 radical (unpaired) electrons. The molecule has 2 aromatic rings. The molecule has 0 aliphatic carbocycles. The van der Waals surface area contributed by atoms with Gasteiger partial charge in [0, 0.05) is 28.9 Å². The normalized spacial score (nSPS) is 12.4. The Balaban J connectivity index is 2.57. The number of carboxylic acid groups (broad SMARTS) is 1. The zero-order valence-electron chi connectivity index (χ0n) is 16.9. The summed E-state index contributed by atoms with van der Waals surface area (Å²) in [5, 5.41) is 11.4. The lowest BCUT2D eigenvalue weighted by Gasteiger charge is -2.35. The van der Waals surface area contributed by atoms with Crippen molar-refractivity contribution in [3.63, 3.8) is 0 Å². The predicted octanol–water partition coefficient (Wildman–Crippen LogP) is 6.00. The lowest BCUT2D eigenvalue weighted by molar-refractivity contribution is 0.0703. The van der Waals surface area contributed by atoms with E-state index in [0.717, 1.165) is 10.2 Å². The molecule has 4 nitrogen and oxygen atoms in total. The molecule has 0 bridgehead atoms. The molecule has 0 fully saturated rings. The van der Waals surface area contributed by atoms with Gasteiger partial charge in [0.1, 0.15) is 4.88 Å². The van der Waals surface area contributed by atoms with Gasteiger partial charge in [0.2, 0.25) is 0 Å². The third kappa shape index (κ3) is 5.72. The van der Waals surface area contributed by atoms with Crippen LogP contribution in [0, 0.1) is 17.3 Å². The summed E-state index contributed by atoms with van der Waals surface area (Å²) in [6, 6.07) is 9.35. The van der Waals surface area contributed by atoms with E-state index in [-0.39, 0.29) is 16.3 Å². The topological polar surface area (TPSA) is 49.8 Å². The molecule has 0 spiro atoms. The molecule has 7 heteroatoms. The van der Waals surface area contributed by atoms with Crippen molar-refractivity contribution in [2.75, 3.05) is 11.8 Å². The molecule has 1 unspecified atom stereocenters. The second-order valence-corrected chi connectivity index (χ2v) is 10.8. The van der Waals surface area contributed by atoms with Gasteiger partial charge >= 0.3 is 5.97 Å². The minimum atomic E-state index is -1.23. The molecule has 1 aromatic heterocycles. The number of thiophene rings is 1. The van der Waals surface area contributed by atoms with Crippen molar-refractivity contribution >= 4 is 48.2 Å². The molecule has 0 aliphatic rings. The summed E-state index contributed by atoms with van der Waals surface area (Å²) in [5.74, 6) is 5.34. The number of hydrogen-bond donors (Lipinski definition) is 1. The molecule has 1 N–H and O–H groups in total. The number of hydrogen-bond acceptors (Lipinski definition) is 4. The van der Waals surface area contributed by atoms with E-state index in [1.54, 1.807) is 7.11 Å². The summed E-state index contributed by atoms with van der Waals surface area (Å²) in [5.41, 5.74) is 0.474. The molecule has 0 amide bonds. The highest BCUT2D eigenvalue weighted by Gasteiger charge is 2.29. The van der Waals surface area contributed by atoms with Gasteiger partial charge in [0.15, 0.2) is 8.30 Å². The first-order chi connectivity index (χ1) is 13.0. The second-order valence-electron chi connectivity index (χ2n) is 7.50. The second kappa shape index (κ2) is 9.29. The zero-order chi connectivity index (χ0) is 21.1. The Morgan fingerprint density at radius 2 is 1.89 bits per heavy atom. The lowest BCUT2D eigenvalue weighted by Crippen LogP contribution is -2.30. The van der Waals surface area contributed by atoms with Crippen LogP contribution in [0.2, 0.25) is 5.02 Å². The van der Waals surface area contributed by atoms with Crippen molar-refractivity contribution in [1.29, 1.82) is 0 Å². The molecule has 1 heterocycles. The quantitative estimate of drug-likeness (QED) is 0.445. The molecule has 0 saturated carbocycles. The van der Waals surface area contributed by atoms with Crippen LogP contribution in [-0.2, 0) is 4.52 Å². The van der Waals surface area contributed by atoms with Crippen molar-refractivity contribution in [3.05, 3.63) is 45.1 Å². The highest BCUT2D eigenvalue weighted by molar-refractivity contribution is 7.62. The standard InChI is InChI=1S/C21H25ClNO3PS/c1-14(2)23(27(26-6)16-9-7-15(22)8-10-16)18-13-17(11-12-21(3,4)5)28-19(18)20(24)25/h7-10,13-14H,1-6H3,(H,24,25). The molecule has 0 aliphatic heterocycles. The third-order valence-electron chi connectivity index (χ3n) is 3.62. The fourth-order valence-corrected chi connectivity index (χ4v) is 5.34. The first-order valence-electron chi connectivity index (χ1n) is 8.82. The van der Waals surface area contributed by atoms with Crippen molar-refractivity contribution in [2.45, 2.75) is 40.7 Å². The van der Waals surface area contributed by atoms with Crippen LogP contribution < -0.4 is 9.97 Å². The third-order valence-corrected chi connectivity index (χ3v) is 7.05. The first-order valence-corrected chi connectivity index (χ1v) is 11.2. The Kier molecular flexibility index (Phi) is 7.53. The first kappa shape index (κ1) is 22.7. The highest BCUT2D eigenvalue weighted by atomic mass is 35.5. The van der Waals surface area contributed by atoms with Crippen molar-refractivity contribution in [2.24, 2.45) is 5.41 Å². The van der Waals surface area contributed by atoms with E-state index in [4.69, 9.17) is 16.1 Å². The Morgan fingerprint density at radius 3 is 2.36 bits per heavy atom. The van der Waals surface area contributed by atoms with Crippen LogP contribution in [-0.4, -0.2) is 24.2 Å². The predicted molar refractivity (Wildman–Crippen MR) is 120 cm³/mol. The zero-order valence-corrected chi connectivity index (χ0v) is 19.4. The van der Waals surface area contributed by atoms with Crippen LogP contribution in [0.15, 0.2) is 30.3 Å². The van der Waals surface area contributed by atoms with Gasteiger partial charge in [-0.3, -0.25) is 0 Å². The van der Waals surface area contributed by atoms with Crippen LogP contribution in [0.5, 0.6) is 0 Å². The van der Waals surface area contributed by atoms with Crippen LogP contribution in [0.1, 0.15) is 49.2 Å². The van der Waals surface area contributed by atoms with E-state index < -0.39 is 14.3 Å². The van der Waals surface area contributed by atoms with Crippen molar-refractivity contribution in [1.82, 2.24) is 0 Å². The fourth-order valence-electron chi connectivity index (χ4n) is 2.49. The number of benzene rings is 1. The summed E-state index contributed by atoms with van der Waals surface area (Å²) in [7, 11) is 0.407. The Morgan fingerprint density at radius 1 is 1.29 bits per heavy atom. The highest BCUT2D eigenvalue weighted by Crippen LogP contribution is 2.48. The minimum absolute atomic E-state index is 0.0258. The molecule has 150 valence electrons. The van der Waals surface area contributed by atoms with Crippen LogP contribution in [0.3, 0.4) is 0 Å². The molecule has 28 heavy (non-hydrogen) atoms. The SMILES string of the molecule is COP(c1ccc(Cl)cc1)N(c1cc(C#CC(C)(C)C)sc1C(=O)O)C(C)C. The summed E-state index contributed by atoms with van der Waals surface area (Å²) in [6.07, 6.45) is 0. The molecule has 0 saturated heterocycles. The van der Waals surface area contributed by atoms with Crippen molar-refractivity contribution in [3.8, 4) is 11.8 Å². The van der Waals surface area contributed by atoms with Gasteiger partial charge in [-0.25, -0.2) is 4.79 Å². The number of anilines is 1. The Bertz CT molecular complexity index is 891. The van der Waals surface area contributed by atoms with E-state index in [1.807, 2.05) is 69.6 Å². The number of rotatable bonds is 6. The molecule has 1 atom stereocenters. The molecule has 1 aromatic carbocycles. The van der Waals surface area contributed by atoms with E-state index >= 15 is 0 Å². The fraction of sp³-hybridized carbons (Fsp3) is 0.381. The number of halogens is 1. The number of nitrogens with zero attached hydrogens (tertiary/aromatic N) is 1. The average Bonchev–Trinajstić information content (AvgIpc) is 3.02. The average molecular weight is 438 g/mol. The Labute approximate surface area is 177 Å². The maximum Gasteiger partial charge on any atom is 0.348 e. The van der Waals surface area contributed by atoms with Gasteiger partial charge in [-0.1, -0.05) is 23.4 Å². The number of aromatic carboxylic acids is 1. The summed E-state index contributed by atoms with van der Waals surface area (Å²) < 4.78 is 7.86. The van der Waals surface area contributed by atoms with Gasteiger partial charge in [0.25, 0.3) is 0 Å². The molecular formula is C21H25ClNO3PS. The maximum absolute atomic E-state index is 11.9. The number of carboxylic acids is 1. The minimum Gasteiger partial charge on any atom is -0.477 e. The maximum atomic E-state index is 11.9. The van der Waals surface area contributed by atoms with E-state index in [9.17, 15) is 9.90 Å². The van der Waals surface area contributed by atoms with Crippen molar-refractivity contribution < 1.29 is 14.4 Å². The summed E-state index contributed by atoms with van der Waals surface area (Å²) >= 11 is 7.22. The molecule has 2 rings (SSSR count). The van der Waals surface area contributed by atoms with Gasteiger partial charge in [-0.2, -0.15) is 0 Å².